The zero-order valence-electron chi connectivity index (χ0n) is 14.2. The van der Waals surface area contributed by atoms with Gasteiger partial charge in [-0.15, -0.1) is 0 Å². The van der Waals surface area contributed by atoms with Crippen LogP contribution < -0.4 is 10.6 Å². The highest BCUT2D eigenvalue weighted by Gasteiger charge is 2.27. The van der Waals surface area contributed by atoms with E-state index >= 15 is 0 Å². The molecule has 0 aliphatic carbocycles. The fraction of sp³-hybridized carbons (Fsp3) is 0.263. The molecule has 7 nitrogen and oxygen atoms in total. The number of piperidine rings is 1. The Labute approximate surface area is 150 Å². The third-order valence-electron chi connectivity index (χ3n) is 4.70. The fourth-order valence-corrected chi connectivity index (χ4v) is 3.44. The van der Waals surface area contributed by atoms with Crippen LogP contribution in [0.1, 0.15) is 30.1 Å². The Morgan fingerprint density at radius 2 is 2.04 bits per heavy atom. The smallest absolute Gasteiger partial charge is 0.347 e. The summed E-state index contributed by atoms with van der Waals surface area (Å²) in [5.41, 5.74) is 1.14. The minimum absolute atomic E-state index is 0.125. The predicted octanol–water partition coefficient (Wildman–Crippen LogP) is 2.21. The van der Waals surface area contributed by atoms with Crippen LogP contribution in [0.4, 0.5) is 5.82 Å². The third-order valence-corrected chi connectivity index (χ3v) is 4.70. The molecule has 1 N–H and O–H groups in total. The number of nitriles is 1. The van der Waals surface area contributed by atoms with E-state index in [1.54, 1.807) is 16.8 Å². The Morgan fingerprint density at radius 3 is 2.77 bits per heavy atom. The molecule has 3 aromatic rings. The van der Waals surface area contributed by atoms with Crippen LogP contribution in [0.2, 0.25) is 0 Å². The van der Waals surface area contributed by atoms with Crippen molar-refractivity contribution < 1.29 is 0 Å². The molecule has 7 heteroatoms. The van der Waals surface area contributed by atoms with Crippen molar-refractivity contribution >= 4 is 5.82 Å². The van der Waals surface area contributed by atoms with E-state index in [-0.39, 0.29) is 11.6 Å². The second kappa shape index (κ2) is 6.84. The first-order valence-corrected chi connectivity index (χ1v) is 8.60. The first-order valence-electron chi connectivity index (χ1n) is 8.60. The zero-order chi connectivity index (χ0) is 17.9. The third kappa shape index (κ3) is 2.97. The van der Waals surface area contributed by atoms with Crippen molar-refractivity contribution in [1.82, 2.24) is 19.7 Å². The maximum atomic E-state index is 12.3. The summed E-state index contributed by atoms with van der Waals surface area (Å²) in [5, 5.41) is 15.8. The summed E-state index contributed by atoms with van der Waals surface area (Å²) in [6.07, 6.45) is 3.54. The summed E-state index contributed by atoms with van der Waals surface area (Å²) >= 11 is 0. The van der Waals surface area contributed by atoms with Gasteiger partial charge >= 0.3 is 5.69 Å². The van der Waals surface area contributed by atoms with Gasteiger partial charge in [0, 0.05) is 25.2 Å². The van der Waals surface area contributed by atoms with Crippen molar-refractivity contribution in [3.8, 4) is 11.8 Å². The molecule has 1 saturated heterocycles. The van der Waals surface area contributed by atoms with Gasteiger partial charge in [0.05, 0.1) is 11.3 Å². The molecule has 1 aromatic carbocycles. The lowest BCUT2D eigenvalue weighted by Crippen LogP contribution is -2.36. The van der Waals surface area contributed by atoms with Gasteiger partial charge in [-0.25, -0.2) is 19.4 Å². The molecule has 0 amide bonds. The first-order chi connectivity index (χ1) is 12.8. The normalized spacial score (nSPS) is 17.0. The van der Waals surface area contributed by atoms with Crippen LogP contribution >= 0.6 is 0 Å². The highest BCUT2D eigenvalue weighted by Crippen LogP contribution is 2.28. The largest absolute Gasteiger partial charge is 0.356 e. The number of aromatic amines is 1. The molecule has 4 rings (SSSR count). The topological polar surface area (TPSA) is 90.6 Å². The zero-order valence-corrected chi connectivity index (χ0v) is 14.2. The number of nitrogens with zero attached hydrogens (tertiary/aromatic N) is 5. The molecule has 2 aromatic heterocycles. The van der Waals surface area contributed by atoms with Crippen LogP contribution in [0.5, 0.6) is 0 Å². The number of hydrogen-bond acceptors (Lipinski definition) is 5. The average Bonchev–Trinajstić information content (AvgIpc) is 3.10. The molecule has 3 heterocycles. The van der Waals surface area contributed by atoms with Crippen molar-refractivity contribution in [3.05, 3.63) is 70.5 Å². The van der Waals surface area contributed by atoms with Gasteiger partial charge in [-0.3, -0.25) is 0 Å². The maximum Gasteiger partial charge on any atom is 0.347 e. The molecular weight excluding hydrogens is 328 g/mol. The van der Waals surface area contributed by atoms with Crippen LogP contribution in [0.25, 0.3) is 5.69 Å². The molecule has 0 spiro atoms. The van der Waals surface area contributed by atoms with Crippen molar-refractivity contribution in [2.45, 2.75) is 18.8 Å². The molecular formula is C19H18N6O. The van der Waals surface area contributed by atoms with Gasteiger partial charge in [0.1, 0.15) is 17.7 Å². The van der Waals surface area contributed by atoms with E-state index in [9.17, 15) is 4.79 Å². The van der Waals surface area contributed by atoms with E-state index in [4.69, 9.17) is 5.26 Å². The molecule has 0 saturated carbocycles. The average molecular weight is 346 g/mol. The Kier molecular flexibility index (Phi) is 4.23. The molecule has 26 heavy (non-hydrogen) atoms. The van der Waals surface area contributed by atoms with E-state index in [1.807, 2.05) is 36.4 Å². The molecule has 1 atom stereocenters. The van der Waals surface area contributed by atoms with Gasteiger partial charge in [0.25, 0.3) is 0 Å². The number of nitrogens with one attached hydrogen (secondary N) is 1. The number of rotatable bonds is 3. The summed E-state index contributed by atoms with van der Waals surface area (Å²) in [5.74, 6) is 1.72. The number of hydrogen-bond donors (Lipinski definition) is 1. The Hall–Kier alpha value is -3.40. The molecule has 0 bridgehead atoms. The highest BCUT2D eigenvalue weighted by molar-refractivity contribution is 5.43. The van der Waals surface area contributed by atoms with Crippen LogP contribution in [0.3, 0.4) is 0 Å². The van der Waals surface area contributed by atoms with Gasteiger partial charge in [0.2, 0.25) is 0 Å². The number of H-pyrrole nitrogens is 1. The van der Waals surface area contributed by atoms with E-state index in [0.29, 0.717) is 5.56 Å². The highest BCUT2D eigenvalue weighted by atomic mass is 16.1. The summed E-state index contributed by atoms with van der Waals surface area (Å²) in [6, 6.07) is 15.3. The summed E-state index contributed by atoms with van der Waals surface area (Å²) in [7, 11) is 0. The van der Waals surface area contributed by atoms with E-state index < -0.39 is 0 Å². The number of para-hydroxylation sites is 1. The second-order valence-electron chi connectivity index (χ2n) is 6.36. The predicted molar refractivity (Wildman–Crippen MR) is 97.3 cm³/mol. The monoisotopic (exact) mass is 346 g/mol. The van der Waals surface area contributed by atoms with Gasteiger partial charge in [0.15, 0.2) is 0 Å². The van der Waals surface area contributed by atoms with Gasteiger partial charge < -0.3 is 4.90 Å². The van der Waals surface area contributed by atoms with Crippen LogP contribution in [0.15, 0.2) is 53.5 Å². The van der Waals surface area contributed by atoms with Crippen molar-refractivity contribution in [1.29, 1.82) is 5.26 Å². The van der Waals surface area contributed by atoms with Crippen LogP contribution in [-0.4, -0.2) is 32.8 Å². The Balaban J connectivity index is 1.63. The van der Waals surface area contributed by atoms with Crippen molar-refractivity contribution in [2.75, 3.05) is 18.0 Å². The van der Waals surface area contributed by atoms with E-state index in [0.717, 1.165) is 43.3 Å². The van der Waals surface area contributed by atoms with Crippen molar-refractivity contribution in [2.24, 2.45) is 0 Å². The molecule has 1 aliphatic heterocycles. The lowest BCUT2D eigenvalue weighted by Gasteiger charge is -2.33. The first kappa shape index (κ1) is 16.1. The van der Waals surface area contributed by atoms with Gasteiger partial charge in [-0.05, 0) is 37.1 Å². The molecule has 1 fully saturated rings. The lowest BCUT2D eigenvalue weighted by atomic mass is 9.97. The SMILES string of the molecule is N#Cc1ccc(N2CCCC(c3n[nH]c(=O)n3-c3ccccc3)C2)nc1. The lowest BCUT2D eigenvalue weighted by molar-refractivity contribution is 0.483. The fourth-order valence-electron chi connectivity index (χ4n) is 3.44. The maximum absolute atomic E-state index is 12.3. The quantitative estimate of drug-likeness (QED) is 0.785. The Morgan fingerprint density at radius 1 is 1.19 bits per heavy atom. The minimum Gasteiger partial charge on any atom is -0.356 e. The summed E-state index contributed by atoms with van der Waals surface area (Å²) < 4.78 is 1.65. The van der Waals surface area contributed by atoms with Crippen LogP contribution in [0, 0.1) is 11.3 Å². The summed E-state index contributed by atoms with van der Waals surface area (Å²) in [6.45, 7) is 1.63. The van der Waals surface area contributed by atoms with E-state index in [2.05, 4.69) is 26.2 Å². The number of pyridine rings is 1. The number of aromatic nitrogens is 4. The molecule has 0 radical (unpaired) electrons. The second-order valence-corrected chi connectivity index (χ2v) is 6.36. The molecule has 1 unspecified atom stereocenters. The van der Waals surface area contributed by atoms with Crippen molar-refractivity contribution in [3.63, 3.8) is 0 Å². The molecule has 1 aliphatic rings. The Bertz CT molecular complexity index is 983. The standard InChI is InChI=1S/C19H18N6O/c20-11-14-8-9-17(21-12-14)24-10-4-5-15(13-24)18-22-23-19(26)25(18)16-6-2-1-3-7-16/h1-3,6-9,12,15H,4-5,10,13H2,(H,23,26). The van der Waals surface area contributed by atoms with Gasteiger partial charge in [-0.2, -0.15) is 10.4 Å². The van der Waals surface area contributed by atoms with Crippen LogP contribution in [-0.2, 0) is 0 Å². The number of benzene rings is 1. The van der Waals surface area contributed by atoms with Gasteiger partial charge in [-0.1, -0.05) is 18.2 Å². The summed E-state index contributed by atoms with van der Waals surface area (Å²) in [4.78, 5) is 18.9. The minimum atomic E-state index is -0.222. The number of anilines is 1. The van der Waals surface area contributed by atoms with E-state index in [1.165, 1.54) is 0 Å². The molecule has 130 valence electrons.